The first-order valence-electron chi connectivity index (χ1n) is 7.28. The second-order valence-corrected chi connectivity index (χ2v) is 7.29. The standard InChI is InChI=1S/C15H23NO3S/c17-11-13-7-9-14(10-8-13)12-20(18,19)16-15-5-3-1-2-4-6-15/h7-10,15-17H,1-6,11-12H2. The van der Waals surface area contributed by atoms with Crippen LogP contribution in [0.4, 0.5) is 0 Å². The van der Waals surface area contributed by atoms with E-state index in [1.54, 1.807) is 24.3 Å². The summed E-state index contributed by atoms with van der Waals surface area (Å²) >= 11 is 0. The molecule has 1 aromatic carbocycles. The van der Waals surface area contributed by atoms with Crippen molar-refractivity contribution in [2.45, 2.75) is 56.9 Å². The first-order chi connectivity index (χ1) is 9.59. The monoisotopic (exact) mass is 297 g/mol. The highest BCUT2D eigenvalue weighted by molar-refractivity contribution is 7.88. The van der Waals surface area contributed by atoms with Crippen molar-refractivity contribution in [3.63, 3.8) is 0 Å². The van der Waals surface area contributed by atoms with Crippen molar-refractivity contribution in [3.05, 3.63) is 35.4 Å². The lowest BCUT2D eigenvalue weighted by Crippen LogP contribution is -2.35. The second kappa shape index (κ2) is 7.20. The molecule has 4 nitrogen and oxygen atoms in total. The maximum Gasteiger partial charge on any atom is 0.216 e. The number of sulfonamides is 1. The van der Waals surface area contributed by atoms with E-state index in [9.17, 15) is 8.42 Å². The predicted octanol–water partition coefficient (Wildman–Crippen LogP) is 2.32. The summed E-state index contributed by atoms with van der Waals surface area (Å²) in [7, 11) is -3.28. The summed E-state index contributed by atoms with van der Waals surface area (Å²) in [6.07, 6.45) is 6.53. The van der Waals surface area contributed by atoms with Gasteiger partial charge in [0.1, 0.15) is 0 Å². The van der Waals surface area contributed by atoms with Crippen LogP contribution in [-0.4, -0.2) is 19.6 Å². The van der Waals surface area contributed by atoms with Gasteiger partial charge in [-0.3, -0.25) is 0 Å². The summed E-state index contributed by atoms with van der Waals surface area (Å²) in [5.41, 5.74) is 1.55. The Hall–Kier alpha value is -0.910. The molecule has 1 aliphatic carbocycles. The van der Waals surface area contributed by atoms with Crippen LogP contribution in [0.1, 0.15) is 49.7 Å². The molecule has 1 fully saturated rings. The molecule has 5 heteroatoms. The van der Waals surface area contributed by atoms with Gasteiger partial charge in [-0.05, 0) is 24.0 Å². The molecule has 20 heavy (non-hydrogen) atoms. The van der Waals surface area contributed by atoms with Gasteiger partial charge in [0.05, 0.1) is 12.4 Å². The van der Waals surface area contributed by atoms with Gasteiger partial charge in [-0.1, -0.05) is 49.9 Å². The number of hydrogen-bond acceptors (Lipinski definition) is 3. The minimum Gasteiger partial charge on any atom is -0.392 e. The van der Waals surface area contributed by atoms with Gasteiger partial charge in [-0.25, -0.2) is 13.1 Å². The van der Waals surface area contributed by atoms with Crippen LogP contribution in [0.3, 0.4) is 0 Å². The molecule has 0 aliphatic heterocycles. The highest BCUT2D eigenvalue weighted by Gasteiger charge is 2.19. The number of aliphatic hydroxyl groups is 1. The maximum atomic E-state index is 12.2. The Morgan fingerprint density at radius 3 is 2.10 bits per heavy atom. The van der Waals surface area contributed by atoms with Gasteiger partial charge < -0.3 is 5.11 Å². The average molecular weight is 297 g/mol. The van der Waals surface area contributed by atoms with E-state index in [2.05, 4.69) is 4.72 Å². The highest BCUT2D eigenvalue weighted by atomic mass is 32.2. The molecule has 2 N–H and O–H groups in total. The molecule has 0 saturated heterocycles. The van der Waals surface area contributed by atoms with E-state index in [-0.39, 0.29) is 18.4 Å². The minimum atomic E-state index is -3.28. The second-order valence-electron chi connectivity index (χ2n) is 5.54. The SMILES string of the molecule is O=S(=O)(Cc1ccc(CO)cc1)NC1CCCCCC1. The van der Waals surface area contributed by atoms with E-state index in [4.69, 9.17) is 5.11 Å². The molecular formula is C15H23NO3S. The van der Waals surface area contributed by atoms with Crippen LogP contribution in [0.5, 0.6) is 0 Å². The lowest BCUT2D eigenvalue weighted by molar-refractivity contribution is 0.282. The van der Waals surface area contributed by atoms with Crippen molar-refractivity contribution in [1.82, 2.24) is 4.72 Å². The lowest BCUT2D eigenvalue weighted by atomic mass is 10.1. The van der Waals surface area contributed by atoms with Crippen molar-refractivity contribution < 1.29 is 13.5 Å². The quantitative estimate of drug-likeness (QED) is 0.820. The fourth-order valence-electron chi connectivity index (χ4n) is 2.65. The fourth-order valence-corrected chi connectivity index (χ4v) is 4.11. The summed E-state index contributed by atoms with van der Waals surface area (Å²) < 4.78 is 27.2. The van der Waals surface area contributed by atoms with Crippen LogP contribution < -0.4 is 4.72 Å². The molecule has 0 amide bonds. The molecule has 112 valence electrons. The van der Waals surface area contributed by atoms with Crippen LogP contribution in [0.25, 0.3) is 0 Å². The Labute approximate surface area is 121 Å². The molecule has 0 unspecified atom stereocenters. The first kappa shape index (κ1) is 15.5. The third kappa shape index (κ3) is 4.89. The van der Waals surface area contributed by atoms with Crippen molar-refractivity contribution in [1.29, 1.82) is 0 Å². The van der Waals surface area contributed by atoms with Crippen molar-refractivity contribution in [2.75, 3.05) is 0 Å². The molecular weight excluding hydrogens is 274 g/mol. The van der Waals surface area contributed by atoms with Gasteiger partial charge in [-0.2, -0.15) is 0 Å². The van der Waals surface area contributed by atoms with Crippen LogP contribution in [0, 0.1) is 0 Å². The van der Waals surface area contributed by atoms with Gasteiger partial charge in [0.2, 0.25) is 10.0 Å². The van der Waals surface area contributed by atoms with Crippen LogP contribution in [0.2, 0.25) is 0 Å². The third-order valence-corrected chi connectivity index (χ3v) is 5.17. The van der Waals surface area contributed by atoms with E-state index in [1.165, 1.54) is 12.8 Å². The molecule has 1 aromatic rings. The van der Waals surface area contributed by atoms with Gasteiger partial charge >= 0.3 is 0 Å². The summed E-state index contributed by atoms with van der Waals surface area (Å²) in [5.74, 6) is 0.00914. The summed E-state index contributed by atoms with van der Waals surface area (Å²) in [4.78, 5) is 0. The molecule has 0 heterocycles. The van der Waals surface area contributed by atoms with E-state index in [1.807, 2.05) is 0 Å². The van der Waals surface area contributed by atoms with Gasteiger partial charge in [0.15, 0.2) is 0 Å². The molecule has 1 saturated carbocycles. The first-order valence-corrected chi connectivity index (χ1v) is 8.93. The number of hydrogen-bond donors (Lipinski definition) is 2. The molecule has 0 atom stereocenters. The number of aliphatic hydroxyl groups excluding tert-OH is 1. The summed E-state index contributed by atoms with van der Waals surface area (Å²) in [6.45, 7) is -0.0205. The van der Waals surface area contributed by atoms with Crippen molar-refractivity contribution in [2.24, 2.45) is 0 Å². The van der Waals surface area contributed by atoms with Crippen molar-refractivity contribution >= 4 is 10.0 Å². The van der Waals surface area contributed by atoms with Gasteiger partial charge in [-0.15, -0.1) is 0 Å². The van der Waals surface area contributed by atoms with E-state index < -0.39 is 10.0 Å². The van der Waals surface area contributed by atoms with Crippen LogP contribution >= 0.6 is 0 Å². The Bertz CT molecular complexity index is 502. The average Bonchev–Trinajstić information content (AvgIpc) is 2.67. The Kier molecular flexibility index (Phi) is 5.57. The zero-order chi connectivity index (χ0) is 14.4. The number of rotatable bonds is 5. The van der Waals surface area contributed by atoms with E-state index in [0.717, 1.165) is 36.8 Å². The largest absolute Gasteiger partial charge is 0.392 e. The molecule has 1 aliphatic rings. The third-order valence-electron chi connectivity index (χ3n) is 3.76. The Balaban J connectivity index is 1.95. The molecule has 0 spiro atoms. The zero-order valence-corrected chi connectivity index (χ0v) is 12.5. The highest BCUT2D eigenvalue weighted by Crippen LogP contribution is 2.18. The van der Waals surface area contributed by atoms with E-state index in [0.29, 0.717) is 0 Å². The molecule has 0 bridgehead atoms. The topological polar surface area (TPSA) is 66.4 Å². The van der Waals surface area contributed by atoms with Gasteiger partial charge in [0, 0.05) is 6.04 Å². The van der Waals surface area contributed by atoms with E-state index >= 15 is 0 Å². The maximum absolute atomic E-state index is 12.2. The zero-order valence-electron chi connectivity index (χ0n) is 11.7. The minimum absolute atomic E-state index is 0.00914. The van der Waals surface area contributed by atoms with Crippen molar-refractivity contribution in [3.8, 4) is 0 Å². The normalized spacial score (nSPS) is 17.9. The summed E-state index contributed by atoms with van der Waals surface area (Å²) in [6, 6.07) is 7.14. The van der Waals surface area contributed by atoms with Crippen LogP contribution in [-0.2, 0) is 22.4 Å². The summed E-state index contributed by atoms with van der Waals surface area (Å²) in [5, 5.41) is 8.97. The lowest BCUT2D eigenvalue weighted by Gasteiger charge is -2.16. The fraction of sp³-hybridized carbons (Fsp3) is 0.600. The Morgan fingerprint density at radius 2 is 1.55 bits per heavy atom. The number of nitrogens with one attached hydrogen (secondary N) is 1. The molecule has 0 radical (unpaired) electrons. The Morgan fingerprint density at radius 1 is 1.00 bits per heavy atom. The molecule has 2 rings (SSSR count). The molecule has 0 aromatic heterocycles. The van der Waals surface area contributed by atoms with Crippen LogP contribution in [0.15, 0.2) is 24.3 Å². The predicted molar refractivity (Wildman–Crippen MR) is 79.6 cm³/mol. The smallest absolute Gasteiger partial charge is 0.216 e. The number of benzene rings is 1. The van der Waals surface area contributed by atoms with Gasteiger partial charge in [0.25, 0.3) is 0 Å².